The number of nitrogens with zero attached hydrogens (tertiary/aromatic N) is 1. The molecule has 0 amide bonds. The number of aromatic nitrogens is 1. The number of hydrogen-bond donors (Lipinski definition) is 1. The smallest absolute Gasteiger partial charge is 0.192 e. The van der Waals surface area contributed by atoms with Gasteiger partial charge >= 0.3 is 0 Å². The maximum atomic E-state index is 5.32. The Bertz CT molecular complexity index is 860. The molecule has 1 aliphatic carbocycles. The normalized spacial score (nSPS) is 11.9. The maximum Gasteiger partial charge on any atom is 0.192 e. The average molecular weight is 420 g/mol. The van der Waals surface area contributed by atoms with Crippen LogP contribution in [0.5, 0.6) is 5.75 Å². The van der Waals surface area contributed by atoms with Crippen molar-refractivity contribution >= 4 is 39.3 Å². The molecule has 110 valence electrons. The quantitative estimate of drug-likeness (QED) is 0.368. The first-order valence-corrected chi connectivity index (χ1v) is 8.82. The van der Waals surface area contributed by atoms with E-state index in [0.717, 1.165) is 23.0 Å². The van der Waals surface area contributed by atoms with Crippen LogP contribution in [-0.2, 0) is 6.42 Å². The van der Waals surface area contributed by atoms with Crippen LogP contribution < -0.4 is 8.27 Å². The van der Waals surface area contributed by atoms with Crippen molar-refractivity contribution in [1.29, 1.82) is 0 Å². The minimum absolute atomic E-state index is 0.886. The summed E-state index contributed by atoms with van der Waals surface area (Å²) in [7, 11) is 1.70. The summed E-state index contributed by atoms with van der Waals surface area (Å²) in [6.45, 7) is 0. The Kier molecular flexibility index (Phi) is 3.54. The van der Waals surface area contributed by atoms with E-state index in [9.17, 15) is 0 Å². The van der Waals surface area contributed by atoms with Gasteiger partial charge in [-0.25, -0.2) is 4.98 Å². The summed E-state index contributed by atoms with van der Waals surface area (Å²) in [4.78, 5) is 6.00. The van der Waals surface area contributed by atoms with Gasteiger partial charge in [-0.05, 0) is 28.8 Å². The highest BCUT2D eigenvalue weighted by Crippen LogP contribution is 2.42. The first kappa shape index (κ1) is 14.0. The van der Waals surface area contributed by atoms with Crippen LogP contribution in [0.3, 0.4) is 0 Å². The number of nitrogens with one attached hydrogen (secondary N) is 1. The molecule has 0 aliphatic heterocycles. The standard InChI is InChI=1S/C17H13IN2OS/c1-21-13-4-2-3-10(8-13)11-5-6-14-12(7-11)9-15-16(14)19-17(20-18)22-15/h2-8H,9H2,1H3,(H,19,20). The number of anilines is 1. The highest BCUT2D eigenvalue weighted by molar-refractivity contribution is 14.1. The molecule has 0 atom stereocenters. The predicted octanol–water partition coefficient (Wildman–Crippen LogP) is 5.15. The third-order valence-electron chi connectivity index (χ3n) is 3.89. The number of rotatable bonds is 3. The number of benzene rings is 2. The second-order valence-corrected chi connectivity index (χ2v) is 6.79. The highest BCUT2D eigenvalue weighted by atomic mass is 127. The molecule has 4 rings (SSSR count). The van der Waals surface area contributed by atoms with Crippen LogP contribution in [0.1, 0.15) is 10.4 Å². The van der Waals surface area contributed by atoms with Gasteiger partial charge in [0, 0.05) is 16.9 Å². The molecular weight excluding hydrogens is 407 g/mol. The Morgan fingerprint density at radius 1 is 1.18 bits per heavy atom. The van der Waals surface area contributed by atoms with Gasteiger partial charge in [0.25, 0.3) is 0 Å². The molecule has 1 aliphatic rings. The van der Waals surface area contributed by atoms with E-state index in [0.29, 0.717) is 0 Å². The third-order valence-corrected chi connectivity index (χ3v) is 5.74. The van der Waals surface area contributed by atoms with E-state index in [-0.39, 0.29) is 0 Å². The lowest BCUT2D eigenvalue weighted by atomic mass is 10.00. The van der Waals surface area contributed by atoms with Crippen LogP contribution in [-0.4, -0.2) is 12.1 Å². The Balaban J connectivity index is 1.75. The van der Waals surface area contributed by atoms with Crippen LogP contribution in [0.15, 0.2) is 42.5 Å². The fraction of sp³-hybridized carbons (Fsp3) is 0.118. The zero-order valence-electron chi connectivity index (χ0n) is 11.9. The summed E-state index contributed by atoms with van der Waals surface area (Å²) in [6, 6.07) is 14.8. The Labute approximate surface area is 146 Å². The minimum atomic E-state index is 0.886. The van der Waals surface area contributed by atoms with Gasteiger partial charge in [0.15, 0.2) is 5.13 Å². The molecule has 0 saturated heterocycles. The Morgan fingerprint density at radius 2 is 2.05 bits per heavy atom. The van der Waals surface area contributed by atoms with Crippen LogP contribution in [0.2, 0.25) is 0 Å². The Morgan fingerprint density at radius 3 is 2.86 bits per heavy atom. The van der Waals surface area contributed by atoms with Crippen LogP contribution >= 0.6 is 34.2 Å². The van der Waals surface area contributed by atoms with Crippen molar-refractivity contribution in [3.8, 4) is 28.1 Å². The van der Waals surface area contributed by atoms with Gasteiger partial charge in [-0.2, -0.15) is 0 Å². The monoisotopic (exact) mass is 420 g/mol. The van der Waals surface area contributed by atoms with Crippen LogP contribution in [0.4, 0.5) is 5.13 Å². The largest absolute Gasteiger partial charge is 0.497 e. The van der Waals surface area contributed by atoms with Gasteiger partial charge in [-0.1, -0.05) is 30.3 Å². The third kappa shape index (κ3) is 2.28. The molecule has 0 radical (unpaired) electrons. The first-order chi connectivity index (χ1) is 10.8. The molecule has 1 heterocycles. The number of methoxy groups -OCH3 is 1. The molecule has 0 bridgehead atoms. The highest BCUT2D eigenvalue weighted by Gasteiger charge is 2.23. The van der Waals surface area contributed by atoms with Gasteiger partial charge < -0.3 is 8.27 Å². The molecule has 0 saturated carbocycles. The minimum Gasteiger partial charge on any atom is -0.497 e. The average Bonchev–Trinajstić information content (AvgIpc) is 3.11. The van der Waals surface area contributed by atoms with E-state index in [1.54, 1.807) is 18.4 Å². The summed E-state index contributed by atoms with van der Waals surface area (Å²) in [5.41, 5.74) is 6.15. The zero-order valence-corrected chi connectivity index (χ0v) is 14.9. The van der Waals surface area contributed by atoms with Gasteiger partial charge in [0.2, 0.25) is 0 Å². The van der Waals surface area contributed by atoms with E-state index in [1.807, 2.05) is 12.1 Å². The number of thiazole rings is 1. The van der Waals surface area contributed by atoms with E-state index < -0.39 is 0 Å². The molecule has 22 heavy (non-hydrogen) atoms. The predicted molar refractivity (Wildman–Crippen MR) is 100.0 cm³/mol. The van der Waals surface area contributed by atoms with Crippen molar-refractivity contribution in [2.45, 2.75) is 6.42 Å². The van der Waals surface area contributed by atoms with Gasteiger partial charge in [-0.15, -0.1) is 11.3 Å². The second-order valence-electron chi connectivity index (χ2n) is 5.17. The molecule has 1 aromatic heterocycles. The van der Waals surface area contributed by atoms with Crippen LogP contribution in [0, 0.1) is 0 Å². The lowest BCUT2D eigenvalue weighted by Gasteiger charge is -2.07. The molecule has 0 spiro atoms. The molecule has 5 heteroatoms. The summed E-state index contributed by atoms with van der Waals surface area (Å²) < 4.78 is 8.42. The second kappa shape index (κ2) is 5.55. The van der Waals surface area contributed by atoms with Gasteiger partial charge in [0.1, 0.15) is 5.75 Å². The number of fused-ring (bicyclic) bond motifs is 3. The zero-order chi connectivity index (χ0) is 15.1. The van der Waals surface area contributed by atoms with Crippen molar-refractivity contribution in [3.63, 3.8) is 0 Å². The summed E-state index contributed by atoms with van der Waals surface area (Å²) in [5, 5.41) is 0.980. The first-order valence-electron chi connectivity index (χ1n) is 6.92. The lowest BCUT2D eigenvalue weighted by molar-refractivity contribution is 0.415. The van der Waals surface area contributed by atoms with E-state index in [2.05, 4.69) is 61.7 Å². The maximum absolute atomic E-state index is 5.32. The topological polar surface area (TPSA) is 34.1 Å². The van der Waals surface area contributed by atoms with E-state index >= 15 is 0 Å². The van der Waals surface area contributed by atoms with Gasteiger partial charge in [0.05, 0.1) is 35.7 Å². The fourth-order valence-corrected chi connectivity index (χ4v) is 4.19. The fourth-order valence-electron chi connectivity index (χ4n) is 2.85. The SMILES string of the molecule is COc1cccc(-c2ccc3c(c2)Cc2sc(NI)nc2-3)c1. The molecule has 3 nitrogen and oxygen atoms in total. The summed E-state index contributed by atoms with van der Waals surface area (Å²) >= 11 is 3.87. The van der Waals surface area contributed by atoms with E-state index in [4.69, 9.17) is 4.74 Å². The summed E-state index contributed by atoms with van der Waals surface area (Å²) in [5.74, 6) is 0.886. The van der Waals surface area contributed by atoms with Crippen molar-refractivity contribution in [2.75, 3.05) is 10.6 Å². The number of halogens is 1. The van der Waals surface area contributed by atoms with Crippen molar-refractivity contribution in [3.05, 3.63) is 52.9 Å². The van der Waals surface area contributed by atoms with Gasteiger partial charge in [-0.3, -0.25) is 0 Å². The molecule has 3 aromatic rings. The van der Waals surface area contributed by atoms with Crippen molar-refractivity contribution in [1.82, 2.24) is 4.98 Å². The number of ether oxygens (including phenoxy) is 1. The molecule has 1 N–H and O–H groups in total. The molecule has 0 unspecified atom stereocenters. The lowest BCUT2D eigenvalue weighted by Crippen LogP contribution is -1.87. The van der Waals surface area contributed by atoms with E-state index in [1.165, 1.54) is 27.1 Å². The summed E-state index contributed by atoms with van der Waals surface area (Å²) in [6.07, 6.45) is 0.971. The molecule has 2 aromatic carbocycles. The van der Waals surface area contributed by atoms with Crippen molar-refractivity contribution in [2.24, 2.45) is 0 Å². The molecule has 0 fully saturated rings. The van der Waals surface area contributed by atoms with Crippen molar-refractivity contribution < 1.29 is 4.74 Å². The number of hydrogen-bond acceptors (Lipinski definition) is 4. The van der Waals surface area contributed by atoms with Crippen LogP contribution in [0.25, 0.3) is 22.4 Å². The Hall–Kier alpha value is -1.60. The molecular formula is C17H13IN2OS.